The Hall–Kier alpha value is 0.734. The summed E-state index contributed by atoms with van der Waals surface area (Å²) in [5.41, 5.74) is 3.32. The first kappa shape index (κ1) is 27.9. The molecule has 0 amide bonds. The van der Waals surface area contributed by atoms with Crippen molar-refractivity contribution in [2.75, 3.05) is 20.6 Å². The maximum atomic E-state index is 3.70. The van der Waals surface area contributed by atoms with Gasteiger partial charge in [-0.2, -0.15) is 5.57 Å². The van der Waals surface area contributed by atoms with Crippen LogP contribution in [0.15, 0.2) is 17.2 Å². The zero-order valence-corrected chi connectivity index (χ0v) is 19.4. The molecular formula is C21H37Cl2NTi. The van der Waals surface area contributed by atoms with Gasteiger partial charge in [-0.15, -0.1) is 37.8 Å². The summed E-state index contributed by atoms with van der Waals surface area (Å²) in [6.45, 7) is 4.50. The molecule has 0 heterocycles. The number of nitrogens with zero attached hydrogens (tertiary/aromatic N) is 1. The minimum Gasteiger partial charge on any atom is -0.339 e. The molecule has 0 atom stereocenters. The first-order valence-electron chi connectivity index (χ1n) is 9.46. The van der Waals surface area contributed by atoms with Gasteiger partial charge in [-0.3, -0.25) is 6.08 Å². The van der Waals surface area contributed by atoms with Crippen LogP contribution >= 0.6 is 24.8 Å². The van der Waals surface area contributed by atoms with Gasteiger partial charge in [0, 0.05) is 0 Å². The van der Waals surface area contributed by atoms with Gasteiger partial charge in [-0.05, 0) is 51.6 Å². The van der Waals surface area contributed by atoms with E-state index < -0.39 is 0 Å². The molecule has 2 saturated carbocycles. The summed E-state index contributed by atoms with van der Waals surface area (Å²) in [6, 6.07) is 0. The molecule has 0 N–H and O–H groups in total. The Kier molecular flexibility index (Phi) is 17.6. The molecule has 0 aromatic carbocycles. The van der Waals surface area contributed by atoms with E-state index in [2.05, 4.69) is 19.1 Å². The summed E-state index contributed by atoms with van der Waals surface area (Å²) in [6.07, 6.45) is 21.9. The molecule has 3 aliphatic carbocycles. The van der Waals surface area contributed by atoms with Gasteiger partial charge in [0.2, 0.25) is 0 Å². The van der Waals surface area contributed by atoms with E-state index in [0.717, 1.165) is 24.8 Å². The summed E-state index contributed by atoms with van der Waals surface area (Å²) < 4.78 is 0. The molecule has 4 heteroatoms. The first-order valence-corrected chi connectivity index (χ1v) is 9.46. The van der Waals surface area contributed by atoms with Crippen molar-refractivity contribution in [3.05, 3.63) is 30.2 Å². The van der Waals surface area contributed by atoms with Crippen molar-refractivity contribution in [1.29, 1.82) is 0 Å². The Morgan fingerprint density at radius 3 is 1.80 bits per heavy atom. The molecule has 0 aliphatic heterocycles. The minimum atomic E-state index is 0. The van der Waals surface area contributed by atoms with Gasteiger partial charge >= 0.3 is 21.7 Å². The molecule has 0 aromatic rings. The Morgan fingerprint density at radius 2 is 1.36 bits per heavy atom. The summed E-state index contributed by atoms with van der Waals surface area (Å²) in [5, 5.41) is 0. The van der Waals surface area contributed by atoms with Crippen LogP contribution in [0.2, 0.25) is 0 Å². The second kappa shape index (κ2) is 15.8. The van der Waals surface area contributed by atoms with E-state index in [1.807, 2.05) is 19.0 Å². The quantitative estimate of drug-likeness (QED) is 0.374. The standard InChI is InChI=1S/C17H25.C4H10N.2ClH.Ti/c1-3-7-14(8-4-1)16-11-12-17(13-16)15-9-5-2-6-10-15;1-4-5(2)3;;;/h13-15H,1-11H2;1,4H2,2-3H3;2*1H;/q2*-1;;;+2. The normalized spacial score (nSPS) is 21.0. The maximum Gasteiger partial charge on any atom is 2.00 e. The van der Waals surface area contributed by atoms with Crippen LogP contribution in [0.25, 0.3) is 0 Å². The molecule has 0 saturated heterocycles. The molecule has 0 bridgehead atoms. The predicted octanol–water partition coefficient (Wildman–Crippen LogP) is 6.43. The zero-order valence-electron chi connectivity index (χ0n) is 16.2. The third-order valence-corrected chi connectivity index (χ3v) is 5.46. The smallest absolute Gasteiger partial charge is 0.339 e. The maximum absolute atomic E-state index is 3.70. The fourth-order valence-corrected chi connectivity index (χ4v) is 3.92. The van der Waals surface area contributed by atoms with Gasteiger partial charge in [0.1, 0.15) is 0 Å². The van der Waals surface area contributed by atoms with Gasteiger partial charge in [-0.25, -0.2) is 11.6 Å². The van der Waals surface area contributed by atoms with Crippen LogP contribution in [0.4, 0.5) is 0 Å². The van der Waals surface area contributed by atoms with Crippen LogP contribution in [0.5, 0.6) is 0 Å². The number of hydrogen-bond acceptors (Lipinski definition) is 1. The van der Waals surface area contributed by atoms with E-state index in [0.29, 0.717) is 0 Å². The van der Waals surface area contributed by atoms with Crippen LogP contribution in [-0.2, 0) is 21.7 Å². The van der Waals surface area contributed by atoms with Crippen LogP contribution in [-0.4, -0.2) is 25.5 Å². The number of allylic oxidation sites excluding steroid dienone is 4. The Bertz CT molecular complexity index is 381. The summed E-state index contributed by atoms with van der Waals surface area (Å²) in [5.74, 6) is 1.78. The molecule has 144 valence electrons. The average Bonchev–Trinajstić information content (AvgIpc) is 3.07. The van der Waals surface area contributed by atoms with E-state index in [9.17, 15) is 0 Å². The number of hydrogen-bond donors (Lipinski definition) is 0. The van der Waals surface area contributed by atoms with Crippen LogP contribution in [0, 0.1) is 24.8 Å². The van der Waals surface area contributed by atoms with Gasteiger partial charge < -0.3 is 11.8 Å². The van der Waals surface area contributed by atoms with Gasteiger partial charge in [0.05, 0.1) is 0 Å². The van der Waals surface area contributed by atoms with Crippen LogP contribution in [0.1, 0.15) is 70.6 Å². The molecule has 0 aromatic heterocycles. The first-order chi connectivity index (χ1) is 10.7. The topological polar surface area (TPSA) is 3.24 Å². The second-order valence-electron chi connectivity index (χ2n) is 7.50. The Balaban J connectivity index is 0. The zero-order chi connectivity index (χ0) is 15.8. The van der Waals surface area contributed by atoms with E-state index >= 15 is 0 Å². The Labute approximate surface area is 184 Å². The fraction of sp³-hybridized carbons (Fsp3) is 0.762. The molecule has 2 fully saturated rings. The predicted molar refractivity (Wildman–Crippen MR) is 111 cm³/mol. The SMILES string of the molecule is Cl.Cl.[C-]1=C(C2CCCCC2)C=C(C2CCCCC2)C1.[CH2-]CN(C)C.[Ti+2]. The van der Waals surface area contributed by atoms with Crippen molar-refractivity contribution in [2.45, 2.75) is 70.6 Å². The van der Waals surface area contributed by atoms with Crippen LogP contribution in [0.3, 0.4) is 0 Å². The molecule has 25 heavy (non-hydrogen) atoms. The molecule has 1 nitrogen and oxygen atoms in total. The van der Waals surface area contributed by atoms with Crippen molar-refractivity contribution >= 4 is 24.8 Å². The summed E-state index contributed by atoms with van der Waals surface area (Å²) >= 11 is 0. The van der Waals surface area contributed by atoms with Gasteiger partial charge in [0.25, 0.3) is 0 Å². The molecule has 3 rings (SSSR count). The minimum absolute atomic E-state index is 0. The Morgan fingerprint density at radius 1 is 0.920 bits per heavy atom. The van der Waals surface area contributed by atoms with E-state index in [1.165, 1.54) is 64.2 Å². The molecule has 0 spiro atoms. The number of rotatable bonds is 3. The molecule has 0 unspecified atom stereocenters. The van der Waals surface area contributed by atoms with Crippen molar-refractivity contribution in [3.8, 4) is 0 Å². The van der Waals surface area contributed by atoms with Crippen molar-refractivity contribution in [1.82, 2.24) is 4.90 Å². The van der Waals surface area contributed by atoms with Crippen molar-refractivity contribution in [3.63, 3.8) is 0 Å². The molecule has 0 radical (unpaired) electrons. The largest absolute Gasteiger partial charge is 2.00 e. The monoisotopic (exact) mass is 421 g/mol. The fourth-order valence-electron chi connectivity index (χ4n) is 3.92. The van der Waals surface area contributed by atoms with Gasteiger partial charge in [-0.1, -0.05) is 38.5 Å². The van der Waals surface area contributed by atoms with Crippen molar-refractivity contribution in [2.24, 2.45) is 11.8 Å². The average molecular weight is 422 g/mol. The van der Waals surface area contributed by atoms with Gasteiger partial charge in [0.15, 0.2) is 0 Å². The molecular weight excluding hydrogens is 385 g/mol. The third kappa shape index (κ3) is 10.0. The van der Waals surface area contributed by atoms with E-state index in [1.54, 1.807) is 11.1 Å². The van der Waals surface area contributed by atoms with E-state index in [4.69, 9.17) is 0 Å². The third-order valence-electron chi connectivity index (χ3n) is 5.46. The second-order valence-corrected chi connectivity index (χ2v) is 7.50. The molecule has 3 aliphatic rings. The van der Waals surface area contributed by atoms with Crippen molar-refractivity contribution < 1.29 is 21.7 Å². The van der Waals surface area contributed by atoms with Crippen LogP contribution < -0.4 is 0 Å². The van der Waals surface area contributed by atoms with E-state index in [-0.39, 0.29) is 46.5 Å². The summed E-state index contributed by atoms with van der Waals surface area (Å²) in [4.78, 5) is 2.01. The summed E-state index contributed by atoms with van der Waals surface area (Å²) in [7, 11) is 3.99. The number of halogens is 2.